The lowest BCUT2D eigenvalue weighted by Gasteiger charge is -1.99. The summed E-state index contributed by atoms with van der Waals surface area (Å²) in [6.45, 7) is 0. The van der Waals surface area contributed by atoms with Crippen LogP contribution in [0.1, 0.15) is 12.8 Å². The van der Waals surface area contributed by atoms with Crippen molar-refractivity contribution in [1.82, 2.24) is 0 Å². The van der Waals surface area contributed by atoms with E-state index >= 15 is 0 Å². The molecule has 0 saturated heterocycles. The van der Waals surface area contributed by atoms with E-state index in [1.54, 1.807) is 0 Å². The van der Waals surface area contributed by atoms with Gasteiger partial charge in [0.1, 0.15) is 12.6 Å². The van der Waals surface area contributed by atoms with Gasteiger partial charge < -0.3 is 9.59 Å². The van der Waals surface area contributed by atoms with E-state index < -0.39 is 11.7 Å². The summed E-state index contributed by atoms with van der Waals surface area (Å²) in [6.07, 6.45) is 1.35. The number of Topliss-reactive ketones (excluding diaryl/α,β-unsaturated/α-hetero) is 1. The van der Waals surface area contributed by atoms with Crippen LogP contribution < -0.4 is 0 Å². The van der Waals surface area contributed by atoms with E-state index in [-0.39, 0.29) is 19.1 Å². The van der Waals surface area contributed by atoms with Crippen molar-refractivity contribution in [3.8, 4) is 0 Å². The number of hydrogen-bond acceptors (Lipinski definition) is 4. The number of hydrogen-bond donors (Lipinski definition) is 0. The van der Waals surface area contributed by atoms with E-state index in [4.69, 9.17) is 0 Å². The van der Waals surface area contributed by atoms with E-state index in [9.17, 15) is 19.2 Å². The Morgan fingerprint density at radius 2 is 1.91 bits per heavy atom. The standard InChI is InChI=1S/C7H8O4/c8-3-1-2-6(4-9)7(11)5-10/h3-6H,1-2H2. The minimum Gasteiger partial charge on any atom is -0.303 e. The quantitative estimate of drug-likeness (QED) is 0.296. The predicted octanol–water partition coefficient (Wildman–Crippen LogP) is -0.451. The zero-order valence-electron chi connectivity index (χ0n) is 5.86. The maximum atomic E-state index is 10.5. The summed E-state index contributed by atoms with van der Waals surface area (Å²) in [5.74, 6) is -1.69. The Hall–Kier alpha value is -1.32. The third-order valence-corrected chi connectivity index (χ3v) is 1.24. The Labute approximate surface area is 63.6 Å². The molecule has 0 bridgehead atoms. The Bertz CT molecular complexity index is 173. The molecule has 0 aromatic rings. The second kappa shape index (κ2) is 5.46. The van der Waals surface area contributed by atoms with Gasteiger partial charge >= 0.3 is 0 Å². The molecule has 11 heavy (non-hydrogen) atoms. The summed E-state index contributed by atoms with van der Waals surface area (Å²) in [4.78, 5) is 40.3. The molecule has 0 aliphatic heterocycles. The van der Waals surface area contributed by atoms with Crippen LogP contribution in [-0.4, -0.2) is 24.6 Å². The number of carbonyl (C=O) groups is 4. The van der Waals surface area contributed by atoms with Crippen molar-refractivity contribution in [2.45, 2.75) is 12.8 Å². The number of carbonyl (C=O) groups excluding carboxylic acids is 4. The van der Waals surface area contributed by atoms with Crippen LogP contribution in [-0.2, 0) is 19.2 Å². The molecule has 4 nitrogen and oxygen atoms in total. The van der Waals surface area contributed by atoms with Gasteiger partial charge in [-0.1, -0.05) is 0 Å². The highest BCUT2D eigenvalue weighted by Gasteiger charge is 2.15. The predicted molar refractivity (Wildman–Crippen MR) is 35.9 cm³/mol. The fourth-order valence-electron chi connectivity index (χ4n) is 0.612. The van der Waals surface area contributed by atoms with Gasteiger partial charge in [0.05, 0.1) is 5.92 Å². The average Bonchev–Trinajstić information content (AvgIpc) is 2.05. The molecule has 0 amide bonds. The van der Waals surface area contributed by atoms with Crippen LogP contribution in [0.2, 0.25) is 0 Å². The highest BCUT2D eigenvalue weighted by Crippen LogP contribution is 2.01. The Morgan fingerprint density at radius 3 is 2.27 bits per heavy atom. The second-order valence-corrected chi connectivity index (χ2v) is 2.01. The zero-order chi connectivity index (χ0) is 8.69. The van der Waals surface area contributed by atoms with Crippen LogP contribution in [0.3, 0.4) is 0 Å². The van der Waals surface area contributed by atoms with Gasteiger partial charge in [0.25, 0.3) is 0 Å². The summed E-state index contributed by atoms with van der Waals surface area (Å²) < 4.78 is 0. The first-order valence-electron chi connectivity index (χ1n) is 3.14. The molecule has 0 saturated carbocycles. The third-order valence-electron chi connectivity index (χ3n) is 1.24. The molecule has 0 radical (unpaired) electrons. The molecule has 0 spiro atoms. The Kier molecular flexibility index (Phi) is 4.81. The van der Waals surface area contributed by atoms with Gasteiger partial charge in [-0.2, -0.15) is 0 Å². The molecule has 0 aromatic carbocycles. The molecule has 0 aliphatic carbocycles. The fraction of sp³-hybridized carbons (Fsp3) is 0.429. The monoisotopic (exact) mass is 156 g/mol. The average molecular weight is 156 g/mol. The highest BCUT2D eigenvalue weighted by molar-refractivity contribution is 6.29. The van der Waals surface area contributed by atoms with Crippen molar-refractivity contribution in [2.24, 2.45) is 5.92 Å². The molecule has 1 unspecified atom stereocenters. The van der Waals surface area contributed by atoms with Gasteiger partial charge in [0.2, 0.25) is 5.78 Å². The first kappa shape index (κ1) is 9.68. The van der Waals surface area contributed by atoms with Crippen molar-refractivity contribution in [3.63, 3.8) is 0 Å². The molecule has 0 aromatic heterocycles. The molecule has 0 aliphatic rings. The van der Waals surface area contributed by atoms with E-state index in [1.807, 2.05) is 0 Å². The molecular weight excluding hydrogens is 148 g/mol. The second-order valence-electron chi connectivity index (χ2n) is 2.01. The Morgan fingerprint density at radius 1 is 1.27 bits per heavy atom. The minimum atomic E-state index is -0.933. The summed E-state index contributed by atoms with van der Waals surface area (Å²) >= 11 is 0. The topological polar surface area (TPSA) is 68.3 Å². The van der Waals surface area contributed by atoms with Crippen LogP contribution in [0.4, 0.5) is 0 Å². The zero-order valence-corrected chi connectivity index (χ0v) is 5.86. The van der Waals surface area contributed by atoms with Gasteiger partial charge in [-0.05, 0) is 6.42 Å². The molecular formula is C7H8O4. The van der Waals surface area contributed by atoms with Gasteiger partial charge in [-0.3, -0.25) is 9.59 Å². The van der Waals surface area contributed by atoms with Gasteiger partial charge in [0, 0.05) is 6.42 Å². The lowest BCUT2D eigenvalue weighted by molar-refractivity contribution is -0.135. The summed E-state index contributed by atoms with van der Waals surface area (Å²) in [7, 11) is 0. The first-order valence-corrected chi connectivity index (χ1v) is 3.14. The van der Waals surface area contributed by atoms with Crippen molar-refractivity contribution in [1.29, 1.82) is 0 Å². The van der Waals surface area contributed by atoms with Crippen molar-refractivity contribution in [2.75, 3.05) is 0 Å². The van der Waals surface area contributed by atoms with E-state index in [1.165, 1.54) is 0 Å². The SMILES string of the molecule is O=CCCC(C=O)C(=O)C=O. The fourth-order valence-corrected chi connectivity index (χ4v) is 0.612. The largest absolute Gasteiger partial charge is 0.303 e. The van der Waals surface area contributed by atoms with Crippen LogP contribution in [0.25, 0.3) is 0 Å². The number of ketones is 1. The van der Waals surface area contributed by atoms with Crippen LogP contribution >= 0.6 is 0 Å². The lowest BCUT2D eigenvalue weighted by atomic mass is 10.0. The maximum absolute atomic E-state index is 10.5. The van der Waals surface area contributed by atoms with Crippen molar-refractivity contribution in [3.05, 3.63) is 0 Å². The van der Waals surface area contributed by atoms with Crippen molar-refractivity contribution >= 4 is 24.6 Å². The molecule has 0 heterocycles. The van der Waals surface area contributed by atoms with Gasteiger partial charge in [0.15, 0.2) is 6.29 Å². The Balaban J connectivity index is 3.93. The summed E-state index contributed by atoms with van der Waals surface area (Å²) in [6, 6.07) is 0. The molecule has 4 heteroatoms. The molecule has 0 rings (SSSR count). The third kappa shape index (κ3) is 3.40. The maximum Gasteiger partial charge on any atom is 0.205 e. The molecule has 0 N–H and O–H groups in total. The minimum absolute atomic E-state index is 0.101. The van der Waals surface area contributed by atoms with E-state index in [2.05, 4.69) is 0 Å². The molecule has 60 valence electrons. The smallest absolute Gasteiger partial charge is 0.205 e. The van der Waals surface area contributed by atoms with E-state index in [0.29, 0.717) is 12.6 Å². The van der Waals surface area contributed by atoms with Crippen LogP contribution in [0, 0.1) is 5.92 Å². The van der Waals surface area contributed by atoms with E-state index in [0.717, 1.165) is 0 Å². The van der Waals surface area contributed by atoms with Gasteiger partial charge in [-0.15, -0.1) is 0 Å². The van der Waals surface area contributed by atoms with Gasteiger partial charge in [-0.25, -0.2) is 0 Å². The summed E-state index contributed by atoms with van der Waals surface area (Å²) in [5.41, 5.74) is 0. The summed E-state index contributed by atoms with van der Waals surface area (Å²) in [5, 5.41) is 0. The number of rotatable bonds is 6. The molecule has 1 atom stereocenters. The lowest BCUT2D eigenvalue weighted by Crippen LogP contribution is -2.16. The van der Waals surface area contributed by atoms with Crippen LogP contribution in [0.5, 0.6) is 0 Å². The van der Waals surface area contributed by atoms with Crippen LogP contribution in [0.15, 0.2) is 0 Å². The number of aldehydes is 3. The normalized spacial score (nSPS) is 11.6. The highest BCUT2D eigenvalue weighted by atomic mass is 16.2. The van der Waals surface area contributed by atoms with Crippen molar-refractivity contribution < 1.29 is 19.2 Å². The molecule has 0 fully saturated rings. The first-order chi connectivity index (χ1) is 5.26.